The van der Waals surface area contributed by atoms with Gasteiger partial charge >= 0.3 is 0 Å². The summed E-state index contributed by atoms with van der Waals surface area (Å²) in [5.74, 6) is 0.743. The average molecular weight is 266 g/mol. The van der Waals surface area contributed by atoms with Gasteiger partial charge in [-0.15, -0.1) is 11.3 Å². The SMILES string of the molecule is CCCc1nc(C2(N)CCCC(C)C2)sc1CC. The van der Waals surface area contributed by atoms with Crippen molar-refractivity contribution < 1.29 is 0 Å². The molecule has 1 saturated carbocycles. The van der Waals surface area contributed by atoms with Crippen LogP contribution in [0.5, 0.6) is 0 Å². The van der Waals surface area contributed by atoms with E-state index in [4.69, 9.17) is 10.7 Å². The fraction of sp³-hybridized carbons (Fsp3) is 0.800. The fourth-order valence-electron chi connectivity index (χ4n) is 3.09. The number of nitrogens with zero attached hydrogens (tertiary/aromatic N) is 1. The largest absolute Gasteiger partial charge is 0.319 e. The average Bonchev–Trinajstić information content (AvgIpc) is 2.73. The van der Waals surface area contributed by atoms with E-state index in [1.54, 1.807) is 0 Å². The van der Waals surface area contributed by atoms with Gasteiger partial charge in [-0.3, -0.25) is 0 Å². The molecule has 2 nitrogen and oxygen atoms in total. The van der Waals surface area contributed by atoms with Gasteiger partial charge in [0.2, 0.25) is 0 Å². The maximum Gasteiger partial charge on any atom is 0.113 e. The van der Waals surface area contributed by atoms with Gasteiger partial charge in [0, 0.05) is 4.88 Å². The highest BCUT2D eigenvalue weighted by Crippen LogP contribution is 2.40. The van der Waals surface area contributed by atoms with E-state index in [-0.39, 0.29) is 5.54 Å². The quantitative estimate of drug-likeness (QED) is 0.894. The van der Waals surface area contributed by atoms with Crippen LogP contribution in [0.1, 0.15) is 68.5 Å². The Morgan fingerprint density at radius 3 is 2.83 bits per heavy atom. The number of rotatable bonds is 4. The second-order valence-electron chi connectivity index (χ2n) is 5.85. The lowest BCUT2D eigenvalue weighted by Crippen LogP contribution is -2.40. The molecule has 1 aliphatic rings. The Balaban J connectivity index is 2.26. The topological polar surface area (TPSA) is 38.9 Å². The summed E-state index contributed by atoms with van der Waals surface area (Å²) < 4.78 is 0. The summed E-state index contributed by atoms with van der Waals surface area (Å²) in [6, 6.07) is 0. The predicted molar refractivity (Wildman–Crippen MR) is 79.0 cm³/mol. The third-order valence-corrected chi connectivity index (χ3v) is 5.51. The molecule has 2 atom stereocenters. The molecule has 0 amide bonds. The molecule has 1 aliphatic carbocycles. The standard InChI is InChI=1S/C15H26N2S/c1-4-7-12-13(5-2)18-14(17-12)15(16)9-6-8-11(3)10-15/h11H,4-10,16H2,1-3H3. The van der Waals surface area contributed by atoms with Crippen molar-refractivity contribution in [3.8, 4) is 0 Å². The molecule has 2 rings (SSSR count). The van der Waals surface area contributed by atoms with Crippen molar-refractivity contribution in [3.63, 3.8) is 0 Å². The van der Waals surface area contributed by atoms with Crippen LogP contribution in [0.15, 0.2) is 0 Å². The molecule has 2 unspecified atom stereocenters. The van der Waals surface area contributed by atoms with E-state index in [2.05, 4.69) is 20.8 Å². The van der Waals surface area contributed by atoms with E-state index < -0.39 is 0 Å². The molecule has 0 aliphatic heterocycles. The first-order valence-corrected chi connectivity index (χ1v) is 8.18. The maximum atomic E-state index is 6.65. The number of hydrogen-bond donors (Lipinski definition) is 1. The maximum absolute atomic E-state index is 6.65. The van der Waals surface area contributed by atoms with Crippen LogP contribution in [-0.4, -0.2) is 4.98 Å². The van der Waals surface area contributed by atoms with E-state index in [0.29, 0.717) is 0 Å². The van der Waals surface area contributed by atoms with Crippen LogP contribution in [0.4, 0.5) is 0 Å². The van der Waals surface area contributed by atoms with E-state index in [0.717, 1.165) is 31.6 Å². The van der Waals surface area contributed by atoms with Crippen LogP contribution in [0.25, 0.3) is 0 Å². The van der Waals surface area contributed by atoms with Crippen molar-refractivity contribution in [2.24, 2.45) is 11.7 Å². The number of thiazole rings is 1. The van der Waals surface area contributed by atoms with Gasteiger partial charge in [0.1, 0.15) is 5.01 Å². The van der Waals surface area contributed by atoms with Gasteiger partial charge in [-0.05, 0) is 31.6 Å². The van der Waals surface area contributed by atoms with Crippen LogP contribution >= 0.6 is 11.3 Å². The molecule has 3 heteroatoms. The molecule has 0 spiro atoms. The van der Waals surface area contributed by atoms with Crippen LogP contribution in [0.2, 0.25) is 0 Å². The first kappa shape index (κ1) is 14.0. The molecule has 1 fully saturated rings. The zero-order chi connectivity index (χ0) is 13.2. The second-order valence-corrected chi connectivity index (χ2v) is 6.93. The molecule has 0 bridgehead atoms. The Hall–Kier alpha value is -0.410. The second kappa shape index (κ2) is 5.70. The van der Waals surface area contributed by atoms with E-state index in [1.165, 1.54) is 34.8 Å². The van der Waals surface area contributed by atoms with Crippen LogP contribution < -0.4 is 5.73 Å². The third kappa shape index (κ3) is 2.77. The van der Waals surface area contributed by atoms with Crippen molar-refractivity contribution in [1.29, 1.82) is 0 Å². The number of aromatic nitrogens is 1. The highest BCUT2D eigenvalue weighted by Gasteiger charge is 2.35. The summed E-state index contributed by atoms with van der Waals surface area (Å²) >= 11 is 1.87. The molecule has 1 aromatic rings. The van der Waals surface area contributed by atoms with Crippen molar-refractivity contribution in [3.05, 3.63) is 15.6 Å². The minimum Gasteiger partial charge on any atom is -0.319 e. The minimum absolute atomic E-state index is 0.141. The minimum atomic E-state index is -0.141. The molecule has 102 valence electrons. The normalized spacial score (nSPS) is 28.6. The molecular weight excluding hydrogens is 240 g/mol. The number of nitrogens with two attached hydrogens (primary N) is 1. The van der Waals surface area contributed by atoms with Gasteiger partial charge in [0.25, 0.3) is 0 Å². The zero-order valence-corrected chi connectivity index (χ0v) is 12.8. The molecule has 0 saturated heterocycles. The molecule has 0 radical (unpaired) electrons. The van der Waals surface area contributed by atoms with E-state index in [9.17, 15) is 0 Å². The van der Waals surface area contributed by atoms with Gasteiger partial charge in [0.05, 0.1) is 11.2 Å². The monoisotopic (exact) mass is 266 g/mol. The first-order chi connectivity index (χ1) is 8.59. The molecule has 1 aromatic heterocycles. The lowest BCUT2D eigenvalue weighted by Gasteiger charge is -2.35. The Kier molecular flexibility index (Phi) is 4.44. The summed E-state index contributed by atoms with van der Waals surface area (Å²) in [5, 5.41) is 1.20. The Morgan fingerprint density at radius 1 is 1.44 bits per heavy atom. The van der Waals surface area contributed by atoms with Gasteiger partial charge < -0.3 is 5.73 Å². The predicted octanol–water partition coefficient (Wildman–Crippen LogP) is 4.02. The van der Waals surface area contributed by atoms with Crippen molar-refractivity contribution in [1.82, 2.24) is 4.98 Å². The van der Waals surface area contributed by atoms with E-state index in [1.807, 2.05) is 11.3 Å². The van der Waals surface area contributed by atoms with Gasteiger partial charge in [-0.1, -0.05) is 40.0 Å². The molecule has 1 heterocycles. The molecule has 2 N–H and O–H groups in total. The Morgan fingerprint density at radius 2 is 2.22 bits per heavy atom. The van der Waals surface area contributed by atoms with Crippen LogP contribution in [-0.2, 0) is 18.4 Å². The Labute approximate surface area is 115 Å². The summed E-state index contributed by atoms with van der Waals surface area (Å²) in [7, 11) is 0. The summed E-state index contributed by atoms with van der Waals surface area (Å²) in [4.78, 5) is 6.35. The molecule has 18 heavy (non-hydrogen) atoms. The fourth-order valence-corrected chi connectivity index (χ4v) is 4.28. The lowest BCUT2D eigenvalue weighted by molar-refractivity contribution is 0.238. The van der Waals surface area contributed by atoms with Gasteiger partial charge in [-0.2, -0.15) is 0 Å². The van der Waals surface area contributed by atoms with Gasteiger partial charge in [0.15, 0.2) is 0 Å². The number of hydrogen-bond acceptors (Lipinski definition) is 3. The van der Waals surface area contributed by atoms with Crippen molar-refractivity contribution in [2.45, 2.75) is 71.3 Å². The smallest absolute Gasteiger partial charge is 0.113 e. The highest BCUT2D eigenvalue weighted by atomic mass is 32.1. The van der Waals surface area contributed by atoms with Crippen LogP contribution in [0, 0.1) is 5.92 Å². The Bertz CT molecular complexity index is 399. The van der Waals surface area contributed by atoms with Gasteiger partial charge in [-0.25, -0.2) is 4.98 Å². The molecule has 0 aromatic carbocycles. The molecular formula is C15H26N2S. The zero-order valence-electron chi connectivity index (χ0n) is 12.0. The third-order valence-electron chi connectivity index (χ3n) is 4.04. The first-order valence-electron chi connectivity index (χ1n) is 7.37. The van der Waals surface area contributed by atoms with Crippen molar-refractivity contribution in [2.75, 3.05) is 0 Å². The summed E-state index contributed by atoms with van der Waals surface area (Å²) in [6.07, 6.45) is 8.16. The van der Waals surface area contributed by atoms with Crippen LogP contribution in [0.3, 0.4) is 0 Å². The summed E-state index contributed by atoms with van der Waals surface area (Å²) in [6.45, 7) is 6.77. The summed E-state index contributed by atoms with van der Waals surface area (Å²) in [5.41, 5.74) is 7.82. The van der Waals surface area contributed by atoms with E-state index >= 15 is 0 Å². The van der Waals surface area contributed by atoms with Crippen molar-refractivity contribution >= 4 is 11.3 Å². The highest BCUT2D eigenvalue weighted by molar-refractivity contribution is 7.11. The number of aryl methyl sites for hydroxylation is 2. The lowest BCUT2D eigenvalue weighted by atomic mass is 9.77.